The van der Waals surface area contributed by atoms with Gasteiger partial charge in [0, 0.05) is 33.2 Å². The molecule has 1 unspecified atom stereocenters. The zero-order chi connectivity index (χ0) is 32.3. The van der Waals surface area contributed by atoms with Gasteiger partial charge in [-0.25, -0.2) is 9.97 Å². The minimum atomic E-state index is 0.115. The third kappa shape index (κ3) is 4.64. The van der Waals surface area contributed by atoms with E-state index in [1.54, 1.807) is 0 Å². The van der Waals surface area contributed by atoms with Crippen LogP contribution >= 0.6 is 0 Å². The second kappa shape index (κ2) is 11.4. The van der Waals surface area contributed by atoms with E-state index in [0.29, 0.717) is 0 Å². The van der Waals surface area contributed by atoms with Crippen LogP contribution in [-0.2, 0) is 6.42 Å². The highest BCUT2D eigenvalue weighted by Gasteiger charge is 2.22. The molecule has 3 nitrogen and oxygen atoms in total. The lowest BCUT2D eigenvalue weighted by molar-refractivity contribution is 0.761. The maximum atomic E-state index is 5.31. The first kappa shape index (κ1) is 28.2. The normalized spacial score (nSPS) is 16.7. The Labute approximate surface area is 285 Å². The maximum Gasteiger partial charge on any atom is 0.136 e. The van der Waals surface area contributed by atoms with E-state index in [1.807, 2.05) is 0 Å². The molecule has 49 heavy (non-hydrogen) atoms. The van der Waals surface area contributed by atoms with Crippen LogP contribution in [0.2, 0.25) is 0 Å². The number of para-hydroxylation sites is 1. The van der Waals surface area contributed by atoms with E-state index >= 15 is 0 Å². The van der Waals surface area contributed by atoms with Gasteiger partial charge < -0.3 is 4.57 Å². The molecule has 2 heterocycles. The highest BCUT2D eigenvalue weighted by atomic mass is 15.0. The van der Waals surface area contributed by atoms with Crippen LogP contribution in [0.1, 0.15) is 48.6 Å². The van der Waals surface area contributed by atoms with Crippen molar-refractivity contribution >= 4 is 56.5 Å². The summed E-state index contributed by atoms with van der Waals surface area (Å²) in [5, 5.41) is 7.49. The molecule has 0 amide bonds. The second-order valence-electron chi connectivity index (χ2n) is 13.5. The Balaban J connectivity index is 1.02. The third-order valence-corrected chi connectivity index (χ3v) is 10.6. The molecule has 2 aromatic heterocycles. The van der Waals surface area contributed by atoms with Crippen molar-refractivity contribution in [1.29, 1.82) is 0 Å². The summed E-state index contributed by atoms with van der Waals surface area (Å²) in [6, 6.07) is 37.6. The van der Waals surface area contributed by atoms with Crippen LogP contribution in [0, 0.1) is 0 Å². The summed E-state index contributed by atoms with van der Waals surface area (Å²) >= 11 is 0. The summed E-state index contributed by atoms with van der Waals surface area (Å²) in [5.41, 5.74) is 11.2. The van der Waals surface area contributed by atoms with Gasteiger partial charge in [-0.15, -0.1) is 0 Å². The lowest BCUT2D eigenvalue weighted by Crippen LogP contribution is -2.35. The molecule has 0 aliphatic heterocycles. The molecule has 0 saturated heterocycles. The second-order valence-corrected chi connectivity index (χ2v) is 13.5. The topological polar surface area (TPSA) is 30.7 Å². The van der Waals surface area contributed by atoms with Gasteiger partial charge in [0.1, 0.15) is 5.82 Å². The minimum absolute atomic E-state index is 0.115. The molecular formula is C46H35N3. The van der Waals surface area contributed by atoms with Crippen LogP contribution in [0.5, 0.6) is 0 Å². The van der Waals surface area contributed by atoms with Gasteiger partial charge in [-0.2, -0.15) is 0 Å². The van der Waals surface area contributed by atoms with Gasteiger partial charge in [0.15, 0.2) is 0 Å². The SMILES string of the molecule is C1=Cc2ccc3c(c2CC1)c1ccccc1n3C1=CCC(c2nc(-c3ccc(-c4cccc5ccccc45)cc3)c3c(n2)=CCCC=3)C=C1. The van der Waals surface area contributed by atoms with Gasteiger partial charge >= 0.3 is 0 Å². The Kier molecular flexibility index (Phi) is 6.58. The lowest BCUT2D eigenvalue weighted by atomic mass is 9.93. The number of nitrogens with zero attached hydrogens (tertiary/aromatic N) is 3. The molecule has 3 heteroatoms. The van der Waals surface area contributed by atoms with Crippen LogP contribution in [-0.4, -0.2) is 14.5 Å². The zero-order valence-electron chi connectivity index (χ0n) is 27.3. The van der Waals surface area contributed by atoms with E-state index in [-0.39, 0.29) is 5.92 Å². The number of aryl methyl sites for hydroxylation is 1. The zero-order valence-corrected chi connectivity index (χ0v) is 27.3. The Bertz CT molecular complexity index is 2680. The van der Waals surface area contributed by atoms with Crippen molar-refractivity contribution in [3.05, 3.63) is 155 Å². The Morgan fingerprint density at radius 3 is 2.35 bits per heavy atom. The molecule has 0 saturated carbocycles. The van der Waals surface area contributed by atoms with Crippen LogP contribution < -0.4 is 10.6 Å². The summed E-state index contributed by atoms with van der Waals surface area (Å²) in [6.07, 6.45) is 21.3. The number of rotatable bonds is 4. The molecule has 7 aromatic rings. The molecule has 0 N–H and O–H groups in total. The number of hydrogen-bond donors (Lipinski definition) is 0. The quantitative estimate of drug-likeness (QED) is 0.194. The van der Waals surface area contributed by atoms with Gasteiger partial charge in [0.25, 0.3) is 0 Å². The molecule has 5 aromatic carbocycles. The summed E-state index contributed by atoms with van der Waals surface area (Å²) in [5.74, 6) is 1.01. The maximum absolute atomic E-state index is 5.31. The van der Waals surface area contributed by atoms with Crippen LogP contribution in [0.15, 0.2) is 127 Å². The number of hydrogen-bond acceptors (Lipinski definition) is 2. The van der Waals surface area contributed by atoms with E-state index in [9.17, 15) is 0 Å². The fourth-order valence-electron chi connectivity index (χ4n) is 8.24. The molecule has 1 atom stereocenters. The molecule has 234 valence electrons. The molecular weight excluding hydrogens is 595 g/mol. The fourth-order valence-corrected chi connectivity index (χ4v) is 8.24. The van der Waals surface area contributed by atoms with Crippen molar-refractivity contribution in [3.8, 4) is 22.4 Å². The Morgan fingerprint density at radius 1 is 0.633 bits per heavy atom. The van der Waals surface area contributed by atoms with Crippen molar-refractivity contribution < 1.29 is 0 Å². The predicted octanol–water partition coefficient (Wildman–Crippen LogP) is 9.97. The van der Waals surface area contributed by atoms with Crippen molar-refractivity contribution in [2.45, 2.75) is 38.0 Å². The molecule has 0 radical (unpaired) electrons. The van der Waals surface area contributed by atoms with Gasteiger partial charge in [-0.05, 0) is 83.3 Å². The van der Waals surface area contributed by atoms with E-state index in [4.69, 9.17) is 9.97 Å². The monoisotopic (exact) mass is 629 g/mol. The first-order chi connectivity index (χ1) is 24.3. The average molecular weight is 630 g/mol. The first-order valence-electron chi connectivity index (χ1n) is 17.6. The van der Waals surface area contributed by atoms with E-state index in [2.05, 4.69) is 150 Å². The van der Waals surface area contributed by atoms with Crippen LogP contribution in [0.4, 0.5) is 0 Å². The molecule has 0 fully saturated rings. The van der Waals surface area contributed by atoms with Gasteiger partial charge in [0.05, 0.1) is 22.1 Å². The van der Waals surface area contributed by atoms with Crippen LogP contribution in [0.25, 0.3) is 78.9 Å². The molecule has 3 aliphatic carbocycles. The molecule has 0 bridgehead atoms. The van der Waals surface area contributed by atoms with Gasteiger partial charge in [-0.3, -0.25) is 0 Å². The Hall–Kier alpha value is -5.80. The standard InChI is InChI=1S/C46H35N3/c1-3-13-36-30(10-1)12-9-17-37(36)32-20-22-33(23-21-32)45-39-15-5-7-18-41(39)47-46(48-45)34-24-27-35(28-25-34)49-42-19-8-6-16-40(42)44-38-14-4-2-11-31(38)26-29-43(44)49/h1-3,6,8-13,15-24,26-29,34H,4-5,7,14,25H2. The minimum Gasteiger partial charge on any atom is -0.310 e. The molecule has 0 spiro atoms. The van der Waals surface area contributed by atoms with E-state index in [0.717, 1.165) is 59.8 Å². The largest absolute Gasteiger partial charge is 0.310 e. The van der Waals surface area contributed by atoms with Crippen molar-refractivity contribution in [2.75, 3.05) is 0 Å². The first-order valence-corrected chi connectivity index (χ1v) is 17.6. The highest BCUT2D eigenvalue weighted by Crippen LogP contribution is 2.39. The smallest absolute Gasteiger partial charge is 0.136 e. The fraction of sp³-hybridized carbons (Fsp3) is 0.130. The summed E-state index contributed by atoms with van der Waals surface area (Å²) < 4.78 is 2.45. The summed E-state index contributed by atoms with van der Waals surface area (Å²) in [6.45, 7) is 0. The average Bonchev–Trinajstić information content (AvgIpc) is 3.52. The summed E-state index contributed by atoms with van der Waals surface area (Å²) in [7, 11) is 0. The molecule has 10 rings (SSSR count). The van der Waals surface area contributed by atoms with E-state index < -0.39 is 0 Å². The number of benzene rings is 5. The van der Waals surface area contributed by atoms with Gasteiger partial charge in [0.2, 0.25) is 0 Å². The number of allylic oxidation sites excluding steroid dienone is 5. The Morgan fingerprint density at radius 2 is 1.45 bits per heavy atom. The molecule has 3 aliphatic rings. The number of fused-ring (bicyclic) bond motifs is 7. The number of aromatic nitrogens is 3. The predicted molar refractivity (Wildman–Crippen MR) is 205 cm³/mol. The van der Waals surface area contributed by atoms with E-state index in [1.165, 1.54) is 60.5 Å². The van der Waals surface area contributed by atoms with Crippen molar-refractivity contribution in [2.24, 2.45) is 0 Å². The lowest BCUT2D eigenvalue weighted by Gasteiger charge is -2.19. The highest BCUT2D eigenvalue weighted by molar-refractivity contribution is 6.13. The van der Waals surface area contributed by atoms with Crippen molar-refractivity contribution in [1.82, 2.24) is 14.5 Å². The van der Waals surface area contributed by atoms with Crippen molar-refractivity contribution in [3.63, 3.8) is 0 Å². The third-order valence-electron chi connectivity index (χ3n) is 10.6. The van der Waals surface area contributed by atoms with Crippen LogP contribution in [0.3, 0.4) is 0 Å². The van der Waals surface area contributed by atoms with Gasteiger partial charge in [-0.1, -0.05) is 127 Å². The summed E-state index contributed by atoms with van der Waals surface area (Å²) in [4.78, 5) is 10.5.